The van der Waals surface area contributed by atoms with Crippen LogP contribution in [-0.4, -0.2) is 28.4 Å². The first-order valence-electron chi connectivity index (χ1n) is 9.18. The maximum atomic E-state index is 13.6. The van der Waals surface area contributed by atoms with Gasteiger partial charge in [-0.25, -0.2) is 30.3 Å². The van der Waals surface area contributed by atoms with Crippen molar-refractivity contribution in [2.75, 3.05) is 6.54 Å². The number of rotatable bonds is 7. The van der Waals surface area contributed by atoms with Crippen molar-refractivity contribution in [1.82, 2.24) is 9.71 Å². The molecule has 1 N–H and O–H groups in total. The van der Waals surface area contributed by atoms with Gasteiger partial charge in [0.2, 0.25) is 10.0 Å². The monoisotopic (exact) mass is 466 g/mol. The molecule has 0 amide bonds. The zero-order valence-electron chi connectivity index (χ0n) is 16.7. The van der Waals surface area contributed by atoms with E-state index >= 15 is 0 Å². The third-order valence-electron chi connectivity index (χ3n) is 4.79. The number of pyridine rings is 1. The topological polar surface area (TPSA) is 93.2 Å². The third kappa shape index (κ3) is 4.97. The minimum atomic E-state index is -4.12. The van der Waals surface area contributed by atoms with E-state index in [1.165, 1.54) is 44.4 Å². The fraction of sp³-hybridized carbons (Fsp3) is 0.190. The summed E-state index contributed by atoms with van der Waals surface area (Å²) in [5.74, 6) is -1.11. The second kappa shape index (κ2) is 8.81. The van der Waals surface area contributed by atoms with E-state index in [9.17, 15) is 25.6 Å². The quantitative estimate of drug-likeness (QED) is 0.538. The van der Waals surface area contributed by atoms with Gasteiger partial charge in [-0.1, -0.05) is 6.07 Å². The highest BCUT2D eigenvalue weighted by Crippen LogP contribution is 2.29. The summed E-state index contributed by atoms with van der Waals surface area (Å²) in [5.41, 5.74) is 0.553. The lowest BCUT2D eigenvalue weighted by Crippen LogP contribution is -2.32. The lowest BCUT2D eigenvalue weighted by molar-refractivity contribution is 0.567. The minimum absolute atomic E-state index is 0.140. The molecular formula is C21H20F2N2O4S2. The summed E-state index contributed by atoms with van der Waals surface area (Å²) in [7, 11) is -8.23. The van der Waals surface area contributed by atoms with Crippen LogP contribution in [-0.2, 0) is 19.9 Å². The lowest BCUT2D eigenvalue weighted by atomic mass is 10.2. The Morgan fingerprint density at radius 2 is 1.48 bits per heavy atom. The van der Waals surface area contributed by atoms with Crippen LogP contribution in [0.4, 0.5) is 8.78 Å². The van der Waals surface area contributed by atoms with E-state index in [2.05, 4.69) is 9.71 Å². The SMILES string of the molecule is Cc1cc(S(=O)(=O)NC[C@@H](c2cccnc2)S(=O)(=O)c2ccc(F)c(C)c2)ccc1F. The number of sulfonamides is 1. The average Bonchev–Trinajstić information content (AvgIpc) is 2.72. The Hall–Kier alpha value is -2.69. The van der Waals surface area contributed by atoms with Gasteiger partial charge in [0.05, 0.1) is 9.79 Å². The maximum absolute atomic E-state index is 13.6. The molecule has 3 aromatic rings. The molecule has 10 heteroatoms. The first kappa shape index (κ1) is 23.0. The molecular weight excluding hydrogens is 446 g/mol. The largest absolute Gasteiger partial charge is 0.264 e. The van der Waals surface area contributed by atoms with E-state index in [4.69, 9.17) is 0 Å². The van der Waals surface area contributed by atoms with Crippen LogP contribution in [0.15, 0.2) is 70.7 Å². The van der Waals surface area contributed by atoms with Crippen LogP contribution in [0.5, 0.6) is 0 Å². The van der Waals surface area contributed by atoms with Crippen LogP contribution in [0.1, 0.15) is 21.9 Å². The summed E-state index contributed by atoms with van der Waals surface area (Å²) in [4.78, 5) is 3.59. The van der Waals surface area contributed by atoms with Crippen molar-refractivity contribution < 1.29 is 25.6 Å². The number of aryl methyl sites for hydroxylation is 2. The van der Waals surface area contributed by atoms with E-state index < -0.39 is 43.3 Å². The number of halogens is 2. The Balaban J connectivity index is 1.98. The smallest absolute Gasteiger partial charge is 0.240 e. The summed E-state index contributed by atoms with van der Waals surface area (Å²) in [6.45, 7) is 2.37. The summed E-state index contributed by atoms with van der Waals surface area (Å²) >= 11 is 0. The predicted octanol–water partition coefficient (Wildman–Crippen LogP) is 3.47. The first-order chi connectivity index (χ1) is 14.5. The van der Waals surface area contributed by atoms with Gasteiger partial charge in [0.15, 0.2) is 9.84 Å². The Morgan fingerprint density at radius 3 is 2.03 bits per heavy atom. The van der Waals surface area contributed by atoms with Crippen LogP contribution >= 0.6 is 0 Å². The molecule has 31 heavy (non-hydrogen) atoms. The average molecular weight is 467 g/mol. The molecule has 0 bridgehead atoms. The molecule has 0 saturated carbocycles. The number of aromatic nitrogens is 1. The van der Waals surface area contributed by atoms with E-state index in [1.807, 2.05) is 0 Å². The highest BCUT2D eigenvalue weighted by molar-refractivity contribution is 7.92. The number of nitrogens with one attached hydrogen (secondary N) is 1. The molecule has 6 nitrogen and oxygen atoms in total. The molecule has 0 fully saturated rings. The van der Waals surface area contributed by atoms with Crippen molar-refractivity contribution in [2.24, 2.45) is 0 Å². The molecule has 3 rings (SSSR count). The van der Waals surface area contributed by atoms with Crippen LogP contribution in [0.25, 0.3) is 0 Å². The van der Waals surface area contributed by atoms with E-state index in [0.29, 0.717) is 0 Å². The molecule has 164 valence electrons. The molecule has 0 aliphatic rings. The van der Waals surface area contributed by atoms with Gasteiger partial charge in [0.25, 0.3) is 0 Å². The van der Waals surface area contributed by atoms with Crippen LogP contribution in [0.3, 0.4) is 0 Å². The number of hydrogen-bond donors (Lipinski definition) is 1. The number of nitrogens with zero attached hydrogens (tertiary/aromatic N) is 1. The third-order valence-corrected chi connectivity index (χ3v) is 8.31. The van der Waals surface area contributed by atoms with Gasteiger partial charge >= 0.3 is 0 Å². The number of benzene rings is 2. The van der Waals surface area contributed by atoms with Crippen molar-refractivity contribution in [3.8, 4) is 0 Å². The molecule has 0 saturated heterocycles. The molecule has 0 unspecified atom stereocenters. The number of sulfone groups is 1. The van der Waals surface area contributed by atoms with Crippen molar-refractivity contribution in [3.05, 3.63) is 89.2 Å². The predicted molar refractivity (Wildman–Crippen MR) is 112 cm³/mol. The Kier molecular flexibility index (Phi) is 6.54. The molecule has 1 atom stereocenters. The fourth-order valence-electron chi connectivity index (χ4n) is 2.98. The Labute approximate surface area is 179 Å². The van der Waals surface area contributed by atoms with Gasteiger partial charge in [0.1, 0.15) is 16.9 Å². The molecule has 0 aliphatic heterocycles. The standard InChI is InChI=1S/C21H20F2N2O4S2/c1-14-10-17(5-7-19(14)22)30(26,27)21(16-4-3-9-24-12-16)13-25-31(28,29)18-6-8-20(23)15(2)11-18/h3-12,21,25H,13H2,1-2H3/t21-/m0/s1. The molecule has 0 radical (unpaired) electrons. The Morgan fingerprint density at radius 1 is 0.903 bits per heavy atom. The highest BCUT2D eigenvalue weighted by atomic mass is 32.2. The highest BCUT2D eigenvalue weighted by Gasteiger charge is 2.31. The van der Waals surface area contributed by atoms with E-state index in [1.54, 1.807) is 0 Å². The fourth-order valence-corrected chi connectivity index (χ4v) is 5.95. The zero-order chi connectivity index (χ0) is 22.8. The molecule has 2 aromatic carbocycles. The zero-order valence-corrected chi connectivity index (χ0v) is 18.3. The summed E-state index contributed by atoms with van der Waals surface area (Å²) in [5, 5.41) is -1.32. The Bertz CT molecular complexity index is 1310. The van der Waals surface area contributed by atoms with Crippen molar-refractivity contribution in [2.45, 2.75) is 28.9 Å². The molecule has 1 aromatic heterocycles. The maximum Gasteiger partial charge on any atom is 0.240 e. The van der Waals surface area contributed by atoms with E-state index in [-0.39, 0.29) is 26.5 Å². The van der Waals surface area contributed by atoms with Crippen molar-refractivity contribution in [3.63, 3.8) is 0 Å². The number of hydrogen-bond acceptors (Lipinski definition) is 5. The van der Waals surface area contributed by atoms with Gasteiger partial charge in [-0.05, 0) is 73.0 Å². The summed E-state index contributed by atoms with van der Waals surface area (Å²) < 4.78 is 81.5. The van der Waals surface area contributed by atoms with Crippen LogP contribution in [0.2, 0.25) is 0 Å². The second-order valence-corrected chi connectivity index (χ2v) is 10.9. The van der Waals surface area contributed by atoms with Gasteiger partial charge in [-0.2, -0.15) is 0 Å². The van der Waals surface area contributed by atoms with Crippen LogP contribution < -0.4 is 4.72 Å². The minimum Gasteiger partial charge on any atom is -0.264 e. The van der Waals surface area contributed by atoms with Crippen molar-refractivity contribution >= 4 is 19.9 Å². The van der Waals surface area contributed by atoms with Gasteiger partial charge in [-0.15, -0.1) is 0 Å². The van der Waals surface area contributed by atoms with Crippen LogP contribution in [0, 0.1) is 25.5 Å². The second-order valence-electron chi connectivity index (χ2n) is 6.99. The molecule has 0 spiro atoms. The van der Waals surface area contributed by atoms with Crippen molar-refractivity contribution in [1.29, 1.82) is 0 Å². The molecule has 1 heterocycles. The normalized spacial score (nSPS) is 13.2. The van der Waals surface area contributed by atoms with Gasteiger partial charge in [-0.3, -0.25) is 4.98 Å². The summed E-state index contributed by atoms with van der Waals surface area (Å²) in [6, 6.07) is 9.73. The van der Waals surface area contributed by atoms with Gasteiger partial charge < -0.3 is 0 Å². The lowest BCUT2D eigenvalue weighted by Gasteiger charge is -2.19. The van der Waals surface area contributed by atoms with E-state index in [0.717, 1.165) is 30.3 Å². The van der Waals surface area contributed by atoms with Gasteiger partial charge in [0, 0.05) is 18.9 Å². The summed E-state index contributed by atoms with van der Waals surface area (Å²) in [6.07, 6.45) is 2.79. The molecule has 0 aliphatic carbocycles. The first-order valence-corrected chi connectivity index (χ1v) is 12.2.